The predicted molar refractivity (Wildman–Crippen MR) is 93.0 cm³/mol. The first-order chi connectivity index (χ1) is 11.5. The number of benzene rings is 2. The number of phenols is 1. The molecule has 0 spiro atoms. The molecule has 5 nitrogen and oxygen atoms in total. The highest BCUT2D eigenvalue weighted by Crippen LogP contribution is 2.26. The molecule has 0 aliphatic carbocycles. The van der Waals surface area contributed by atoms with Gasteiger partial charge in [0.05, 0.1) is 11.1 Å². The number of anilines is 1. The summed E-state index contributed by atoms with van der Waals surface area (Å²) in [4.78, 5) is 23.8. The van der Waals surface area contributed by atoms with E-state index >= 15 is 0 Å². The van der Waals surface area contributed by atoms with Gasteiger partial charge in [0, 0.05) is 23.9 Å². The van der Waals surface area contributed by atoms with Crippen molar-refractivity contribution in [3.8, 4) is 5.75 Å². The highest BCUT2D eigenvalue weighted by Gasteiger charge is 2.20. The van der Waals surface area contributed by atoms with Crippen LogP contribution in [0.4, 0.5) is 5.69 Å². The summed E-state index contributed by atoms with van der Waals surface area (Å²) in [5.74, 6) is -1.85. The highest BCUT2D eigenvalue weighted by molar-refractivity contribution is 6.15. The van der Waals surface area contributed by atoms with E-state index in [0.717, 1.165) is 31.5 Å². The number of nitrogens with one attached hydrogen (secondary N) is 1. The van der Waals surface area contributed by atoms with Crippen molar-refractivity contribution in [3.63, 3.8) is 0 Å². The smallest absolute Gasteiger partial charge is 0.336 e. The van der Waals surface area contributed by atoms with Crippen LogP contribution in [0.2, 0.25) is 0 Å². The number of carbonyl (C=O) groups excluding carboxylic acids is 1. The number of aromatic carboxylic acids is 1. The topological polar surface area (TPSA) is 86.6 Å². The number of carboxylic acids is 1. The normalized spacial score (nSPS) is 10.4. The lowest BCUT2D eigenvalue weighted by Gasteiger charge is -2.10. The average molecular weight is 327 g/mol. The lowest BCUT2D eigenvalue weighted by atomic mass is 9.97. The van der Waals surface area contributed by atoms with Crippen LogP contribution in [0.5, 0.6) is 5.75 Å². The lowest BCUT2D eigenvalue weighted by Crippen LogP contribution is -2.10. The van der Waals surface area contributed by atoms with Crippen LogP contribution in [0.15, 0.2) is 42.5 Å². The number of aromatic hydroxyl groups is 1. The molecule has 0 aliphatic heterocycles. The van der Waals surface area contributed by atoms with Gasteiger partial charge in [0.15, 0.2) is 5.78 Å². The molecule has 0 heterocycles. The van der Waals surface area contributed by atoms with Crippen molar-refractivity contribution in [2.75, 3.05) is 11.9 Å². The maximum Gasteiger partial charge on any atom is 0.336 e. The van der Waals surface area contributed by atoms with Gasteiger partial charge >= 0.3 is 5.97 Å². The summed E-state index contributed by atoms with van der Waals surface area (Å²) in [6.45, 7) is 2.92. The standard InChI is InChI=1S/C19H21NO4/c1-2-3-6-11-20-13-9-10-16(17(21)12-13)18(22)14-7-4-5-8-15(14)19(23)24/h4-5,7-10,12,20-21H,2-3,6,11H2,1H3,(H,23,24). The van der Waals surface area contributed by atoms with Crippen molar-refractivity contribution >= 4 is 17.4 Å². The Bertz CT molecular complexity index is 740. The molecular formula is C19H21NO4. The van der Waals surface area contributed by atoms with Crippen molar-refractivity contribution in [2.24, 2.45) is 0 Å². The minimum Gasteiger partial charge on any atom is -0.507 e. The third-order valence-corrected chi connectivity index (χ3v) is 3.75. The fourth-order valence-corrected chi connectivity index (χ4v) is 2.45. The molecule has 0 fully saturated rings. The van der Waals surface area contributed by atoms with E-state index in [1.54, 1.807) is 18.2 Å². The van der Waals surface area contributed by atoms with Gasteiger partial charge in [0.25, 0.3) is 0 Å². The first kappa shape index (κ1) is 17.5. The van der Waals surface area contributed by atoms with Gasteiger partial charge in [0.2, 0.25) is 0 Å². The van der Waals surface area contributed by atoms with E-state index in [2.05, 4.69) is 12.2 Å². The van der Waals surface area contributed by atoms with Gasteiger partial charge < -0.3 is 15.5 Å². The van der Waals surface area contributed by atoms with E-state index in [-0.39, 0.29) is 22.4 Å². The molecule has 0 saturated heterocycles. The molecule has 2 aromatic rings. The van der Waals surface area contributed by atoms with Crippen LogP contribution in [-0.2, 0) is 0 Å². The molecule has 2 rings (SSSR count). The minimum absolute atomic E-state index is 0.0592. The van der Waals surface area contributed by atoms with Gasteiger partial charge in [-0.25, -0.2) is 4.79 Å². The fraction of sp³-hybridized carbons (Fsp3) is 0.263. The molecule has 3 N–H and O–H groups in total. The number of rotatable bonds is 8. The molecule has 0 unspecified atom stereocenters. The Morgan fingerprint density at radius 3 is 2.33 bits per heavy atom. The number of carboxylic acid groups (broad SMARTS) is 1. The zero-order valence-corrected chi connectivity index (χ0v) is 13.6. The van der Waals surface area contributed by atoms with Crippen LogP contribution in [0.25, 0.3) is 0 Å². The zero-order chi connectivity index (χ0) is 17.5. The maximum atomic E-state index is 12.6. The Balaban J connectivity index is 2.20. The number of unbranched alkanes of at least 4 members (excludes halogenated alkanes) is 2. The molecule has 5 heteroatoms. The van der Waals surface area contributed by atoms with Gasteiger partial charge in [-0.3, -0.25) is 4.79 Å². The Kier molecular flexibility index (Phi) is 5.95. The molecule has 2 aromatic carbocycles. The SMILES string of the molecule is CCCCCNc1ccc(C(=O)c2ccccc2C(=O)O)c(O)c1. The number of phenolic OH excluding ortho intramolecular Hbond substituents is 1. The van der Waals surface area contributed by atoms with Crippen molar-refractivity contribution in [1.29, 1.82) is 0 Å². The molecule has 0 radical (unpaired) electrons. The number of hydrogen-bond acceptors (Lipinski definition) is 4. The van der Waals surface area contributed by atoms with Gasteiger partial charge in [-0.2, -0.15) is 0 Å². The molecule has 0 amide bonds. The van der Waals surface area contributed by atoms with Crippen LogP contribution < -0.4 is 5.32 Å². The van der Waals surface area contributed by atoms with Crippen LogP contribution in [0, 0.1) is 0 Å². The van der Waals surface area contributed by atoms with Crippen molar-refractivity contribution in [3.05, 3.63) is 59.2 Å². The van der Waals surface area contributed by atoms with E-state index in [0.29, 0.717) is 0 Å². The summed E-state index contributed by atoms with van der Waals surface area (Å²) >= 11 is 0. The summed E-state index contributed by atoms with van der Waals surface area (Å²) in [5, 5.41) is 22.5. The molecule has 0 aliphatic rings. The molecule has 24 heavy (non-hydrogen) atoms. The first-order valence-corrected chi connectivity index (χ1v) is 7.98. The van der Waals surface area contributed by atoms with Gasteiger partial charge in [-0.15, -0.1) is 0 Å². The monoisotopic (exact) mass is 327 g/mol. The molecule has 0 atom stereocenters. The van der Waals surface area contributed by atoms with E-state index in [4.69, 9.17) is 0 Å². The van der Waals surface area contributed by atoms with E-state index < -0.39 is 11.8 Å². The molecule has 126 valence electrons. The highest BCUT2D eigenvalue weighted by atomic mass is 16.4. The van der Waals surface area contributed by atoms with Crippen molar-refractivity contribution in [2.45, 2.75) is 26.2 Å². The Labute approximate surface area is 141 Å². The van der Waals surface area contributed by atoms with E-state index in [1.807, 2.05) is 0 Å². The minimum atomic E-state index is -1.17. The van der Waals surface area contributed by atoms with Crippen molar-refractivity contribution in [1.82, 2.24) is 0 Å². The predicted octanol–water partition coefficient (Wildman–Crippen LogP) is 3.92. The lowest BCUT2D eigenvalue weighted by molar-refractivity contribution is 0.0692. The van der Waals surface area contributed by atoms with E-state index in [1.165, 1.54) is 24.3 Å². The molecule has 0 bridgehead atoms. The first-order valence-electron chi connectivity index (χ1n) is 7.98. The second kappa shape index (κ2) is 8.15. The number of ketones is 1. The summed E-state index contributed by atoms with van der Waals surface area (Å²) in [6.07, 6.45) is 3.29. The molecule has 0 aromatic heterocycles. The Morgan fingerprint density at radius 2 is 1.71 bits per heavy atom. The molecular weight excluding hydrogens is 306 g/mol. The van der Waals surface area contributed by atoms with Crippen LogP contribution in [0.3, 0.4) is 0 Å². The fourth-order valence-electron chi connectivity index (χ4n) is 2.45. The van der Waals surface area contributed by atoms with Crippen LogP contribution in [0.1, 0.15) is 52.5 Å². The zero-order valence-electron chi connectivity index (χ0n) is 13.6. The summed E-state index contributed by atoms with van der Waals surface area (Å²) < 4.78 is 0. The van der Waals surface area contributed by atoms with Gasteiger partial charge in [0.1, 0.15) is 5.75 Å². The van der Waals surface area contributed by atoms with Crippen LogP contribution in [-0.4, -0.2) is 28.5 Å². The van der Waals surface area contributed by atoms with Gasteiger partial charge in [-0.1, -0.05) is 38.0 Å². The summed E-state index contributed by atoms with van der Waals surface area (Å²) in [7, 11) is 0. The van der Waals surface area contributed by atoms with Crippen LogP contribution >= 0.6 is 0 Å². The summed E-state index contributed by atoms with van der Waals surface area (Å²) in [5.41, 5.74) is 0.794. The largest absolute Gasteiger partial charge is 0.507 e. The average Bonchev–Trinajstić information content (AvgIpc) is 2.58. The Morgan fingerprint density at radius 1 is 1.00 bits per heavy atom. The third kappa shape index (κ3) is 4.13. The summed E-state index contributed by atoms with van der Waals surface area (Å²) in [6, 6.07) is 10.7. The van der Waals surface area contributed by atoms with Crippen molar-refractivity contribution < 1.29 is 19.8 Å². The maximum absolute atomic E-state index is 12.6. The second-order valence-electron chi connectivity index (χ2n) is 5.55. The van der Waals surface area contributed by atoms with E-state index in [9.17, 15) is 19.8 Å². The number of carbonyl (C=O) groups is 2. The molecule has 0 saturated carbocycles. The second-order valence-corrected chi connectivity index (χ2v) is 5.55. The quantitative estimate of drug-likeness (QED) is 0.505. The number of hydrogen-bond donors (Lipinski definition) is 3. The Hall–Kier alpha value is -2.82. The van der Waals surface area contributed by atoms with Gasteiger partial charge in [-0.05, 0) is 24.6 Å². The third-order valence-electron chi connectivity index (χ3n) is 3.75.